The van der Waals surface area contributed by atoms with Gasteiger partial charge in [-0.2, -0.15) is 5.10 Å². The Kier molecular flexibility index (Phi) is 1.62. The van der Waals surface area contributed by atoms with Crippen molar-refractivity contribution < 1.29 is 4.42 Å². The minimum Gasteiger partial charge on any atom is -0.452 e. The summed E-state index contributed by atoms with van der Waals surface area (Å²) < 4.78 is 4.90. The number of aromatic nitrogens is 3. The van der Waals surface area contributed by atoms with Crippen molar-refractivity contribution in [2.24, 2.45) is 0 Å². The Morgan fingerprint density at radius 1 is 1.58 bits per heavy atom. The van der Waals surface area contributed by atoms with Gasteiger partial charge in [0.15, 0.2) is 5.82 Å². The van der Waals surface area contributed by atoms with E-state index in [1.54, 1.807) is 6.07 Å². The van der Waals surface area contributed by atoms with Crippen molar-refractivity contribution in [3.63, 3.8) is 0 Å². The van der Waals surface area contributed by atoms with Gasteiger partial charge in [-0.15, -0.1) is 0 Å². The largest absolute Gasteiger partial charge is 0.452 e. The van der Waals surface area contributed by atoms with Gasteiger partial charge in [-0.25, -0.2) is 4.98 Å². The SMILES string of the molecule is Cc1nc(-c2ccoc2Cl)n[nH]1. The Morgan fingerprint density at radius 2 is 2.42 bits per heavy atom. The van der Waals surface area contributed by atoms with Crippen LogP contribution >= 0.6 is 11.6 Å². The smallest absolute Gasteiger partial charge is 0.204 e. The maximum absolute atomic E-state index is 5.72. The molecule has 2 rings (SSSR count). The number of halogens is 1. The van der Waals surface area contributed by atoms with Crippen LogP contribution in [0, 0.1) is 6.92 Å². The predicted octanol–water partition coefficient (Wildman–Crippen LogP) is 2.03. The van der Waals surface area contributed by atoms with Crippen LogP contribution in [0.5, 0.6) is 0 Å². The van der Waals surface area contributed by atoms with Crippen molar-refractivity contribution in [2.75, 3.05) is 0 Å². The van der Waals surface area contributed by atoms with E-state index in [9.17, 15) is 0 Å². The molecule has 0 spiro atoms. The maximum atomic E-state index is 5.72. The first kappa shape index (κ1) is 7.36. The van der Waals surface area contributed by atoms with Gasteiger partial charge in [-0.05, 0) is 24.6 Å². The Labute approximate surface area is 73.6 Å². The normalized spacial score (nSPS) is 10.5. The molecule has 0 bridgehead atoms. The number of rotatable bonds is 1. The van der Waals surface area contributed by atoms with Crippen molar-refractivity contribution in [2.45, 2.75) is 6.92 Å². The molecule has 0 saturated carbocycles. The van der Waals surface area contributed by atoms with Crippen LogP contribution in [0.15, 0.2) is 16.7 Å². The van der Waals surface area contributed by atoms with Gasteiger partial charge >= 0.3 is 0 Å². The van der Waals surface area contributed by atoms with Crippen LogP contribution in [-0.2, 0) is 0 Å². The van der Waals surface area contributed by atoms with Crippen LogP contribution in [-0.4, -0.2) is 15.2 Å². The molecule has 0 aliphatic rings. The molecule has 0 aliphatic heterocycles. The van der Waals surface area contributed by atoms with Crippen LogP contribution in [0.25, 0.3) is 11.4 Å². The first-order chi connectivity index (χ1) is 5.77. The molecule has 0 saturated heterocycles. The van der Waals surface area contributed by atoms with Crippen molar-refractivity contribution >= 4 is 11.6 Å². The van der Waals surface area contributed by atoms with E-state index < -0.39 is 0 Å². The predicted molar refractivity (Wildman–Crippen MR) is 43.8 cm³/mol. The van der Waals surface area contributed by atoms with Gasteiger partial charge in [0, 0.05) is 0 Å². The lowest BCUT2D eigenvalue weighted by Crippen LogP contribution is -1.77. The number of furan rings is 1. The standard InChI is InChI=1S/C7H6ClN3O/c1-4-9-7(11-10-4)5-2-3-12-6(5)8/h2-3H,1H3,(H,9,10,11). The van der Waals surface area contributed by atoms with Gasteiger partial charge in [0.1, 0.15) is 5.82 Å². The number of H-pyrrole nitrogens is 1. The fraction of sp³-hybridized carbons (Fsp3) is 0.143. The topological polar surface area (TPSA) is 54.7 Å². The lowest BCUT2D eigenvalue weighted by Gasteiger charge is -1.86. The summed E-state index contributed by atoms with van der Waals surface area (Å²) in [7, 11) is 0. The third-order valence-electron chi connectivity index (χ3n) is 1.46. The zero-order valence-corrected chi connectivity index (χ0v) is 7.09. The van der Waals surface area contributed by atoms with Gasteiger partial charge < -0.3 is 4.42 Å². The molecule has 0 radical (unpaired) electrons. The van der Waals surface area contributed by atoms with Gasteiger partial charge in [0.05, 0.1) is 11.8 Å². The second kappa shape index (κ2) is 2.64. The molecule has 1 N–H and O–H groups in total. The van der Waals surface area contributed by atoms with E-state index in [4.69, 9.17) is 16.0 Å². The first-order valence-electron chi connectivity index (χ1n) is 3.40. The molecule has 62 valence electrons. The molecule has 2 aromatic heterocycles. The zero-order valence-electron chi connectivity index (χ0n) is 6.34. The van der Waals surface area contributed by atoms with Crippen LogP contribution < -0.4 is 0 Å². The highest BCUT2D eigenvalue weighted by Crippen LogP contribution is 2.25. The molecule has 0 amide bonds. The van der Waals surface area contributed by atoms with Gasteiger partial charge in [0.25, 0.3) is 0 Å². The summed E-state index contributed by atoms with van der Waals surface area (Å²) in [4.78, 5) is 4.10. The highest BCUT2D eigenvalue weighted by Gasteiger charge is 2.09. The Hall–Kier alpha value is -1.29. The lowest BCUT2D eigenvalue weighted by molar-refractivity contribution is 0.570. The van der Waals surface area contributed by atoms with Crippen molar-refractivity contribution in [1.82, 2.24) is 15.2 Å². The molecular formula is C7H6ClN3O. The Balaban J connectivity index is 2.50. The van der Waals surface area contributed by atoms with Crippen LogP contribution in [0.1, 0.15) is 5.82 Å². The number of aryl methyl sites for hydroxylation is 1. The van der Waals surface area contributed by atoms with Crippen molar-refractivity contribution in [1.29, 1.82) is 0 Å². The van der Waals surface area contributed by atoms with Crippen molar-refractivity contribution in [3.8, 4) is 11.4 Å². The number of aromatic amines is 1. The van der Waals surface area contributed by atoms with Gasteiger partial charge in [-0.3, -0.25) is 5.10 Å². The molecule has 2 aromatic rings. The molecule has 0 fully saturated rings. The number of hydrogen-bond donors (Lipinski definition) is 1. The third-order valence-corrected chi connectivity index (χ3v) is 1.75. The van der Waals surface area contributed by atoms with Crippen LogP contribution in [0.4, 0.5) is 0 Å². The summed E-state index contributed by atoms with van der Waals surface area (Å²) in [6.45, 7) is 1.82. The van der Waals surface area contributed by atoms with E-state index >= 15 is 0 Å². The first-order valence-corrected chi connectivity index (χ1v) is 3.77. The molecule has 0 aromatic carbocycles. The summed E-state index contributed by atoms with van der Waals surface area (Å²) in [6, 6.07) is 1.73. The van der Waals surface area contributed by atoms with Gasteiger partial charge in [-0.1, -0.05) is 0 Å². The van der Waals surface area contributed by atoms with E-state index in [1.165, 1.54) is 6.26 Å². The molecular weight excluding hydrogens is 178 g/mol. The maximum Gasteiger partial charge on any atom is 0.204 e. The number of nitrogens with zero attached hydrogens (tertiary/aromatic N) is 2. The van der Waals surface area contributed by atoms with E-state index in [2.05, 4.69) is 15.2 Å². The van der Waals surface area contributed by atoms with Crippen LogP contribution in [0.2, 0.25) is 5.22 Å². The molecule has 2 heterocycles. The average molecular weight is 184 g/mol. The summed E-state index contributed by atoms with van der Waals surface area (Å²) in [6.07, 6.45) is 1.50. The molecule has 4 nitrogen and oxygen atoms in total. The summed E-state index contributed by atoms with van der Waals surface area (Å²) in [5.74, 6) is 1.31. The van der Waals surface area contributed by atoms with E-state index in [1.807, 2.05) is 6.92 Å². The second-order valence-electron chi connectivity index (χ2n) is 2.35. The quantitative estimate of drug-likeness (QED) is 0.736. The van der Waals surface area contributed by atoms with E-state index in [0.29, 0.717) is 16.6 Å². The number of nitrogens with one attached hydrogen (secondary N) is 1. The summed E-state index contributed by atoms with van der Waals surface area (Å²) in [5, 5.41) is 6.98. The second-order valence-corrected chi connectivity index (χ2v) is 2.70. The van der Waals surface area contributed by atoms with E-state index in [-0.39, 0.29) is 0 Å². The summed E-state index contributed by atoms with van der Waals surface area (Å²) in [5.41, 5.74) is 0.709. The third kappa shape index (κ3) is 1.10. The zero-order chi connectivity index (χ0) is 8.55. The molecule has 0 atom stereocenters. The highest BCUT2D eigenvalue weighted by molar-refractivity contribution is 6.31. The lowest BCUT2D eigenvalue weighted by atomic mass is 10.3. The minimum atomic E-state index is 0.314. The fourth-order valence-electron chi connectivity index (χ4n) is 0.916. The molecule has 0 aliphatic carbocycles. The Bertz CT molecular complexity index is 393. The highest BCUT2D eigenvalue weighted by atomic mass is 35.5. The number of hydrogen-bond acceptors (Lipinski definition) is 3. The van der Waals surface area contributed by atoms with Gasteiger partial charge in [0.2, 0.25) is 5.22 Å². The van der Waals surface area contributed by atoms with Crippen molar-refractivity contribution in [3.05, 3.63) is 23.4 Å². The Morgan fingerprint density at radius 3 is 2.92 bits per heavy atom. The van der Waals surface area contributed by atoms with E-state index in [0.717, 1.165) is 5.82 Å². The molecule has 0 unspecified atom stereocenters. The average Bonchev–Trinajstić information content (AvgIpc) is 2.58. The molecule has 5 heteroatoms. The fourth-order valence-corrected chi connectivity index (χ4v) is 1.12. The monoisotopic (exact) mass is 183 g/mol. The van der Waals surface area contributed by atoms with Crippen LogP contribution in [0.3, 0.4) is 0 Å². The summed E-state index contributed by atoms with van der Waals surface area (Å²) >= 11 is 5.72. The minimum absolute atomic E-state index is 0.314. The molecule has 12 heavy (non-hydrogen) atoms.